The van der Waals surface area contributed by atoms with Gasteiger partial charge in [0.15, 0.2) is 0 Å². The van der Waals surface area contributed by atoms with E-state index in [4.69, 9.17) is 0 Å². The van der Waals surface area contributed by atoms with Crippen molar-refractivity contribution in [2.45, 2.75) is 26.4 Å². The number of carbonyl (C=O) groups excluding carboxylic acids is 2. The lowest BCUT2D eigenvalue weighted by Gasteiger charge is -2.18. The second-order valence-corrected chi connectivity index (χ2v) is 4.92. The Morgan fingerprint density at radius 3 is 2.53 bits per heavy atom. The van der Waals surface area contributed by atoms with Gasteiger partial charge in [-0.25, -0.2) is 0 Å². The summed E-state index contributed by atoms with van der Waals surface area (Å²) < 4.78 is 0. The molecule has 1 aromatic rings. The van der Waals surface area contributed by atoms with Gasteiger partial charge in [0, 0.05) is 32.1 Å². The van der Waals surface area contributed by atoms with Crippen molar-refractivity contribution in [3.05, 3.63) is 29.3 Å². The molecule has 104 valence electrons. The standard InChI is InChI=1S/C15H21NO3/c1-11(19)12(6-7-17)8-13-4-5-15(16(2)3)9-14(13)10-18/h4-5,7,9,12,18H,6,8,10H2,1-3H3. The SMILES string of the molecule is CC(=O)C(CC=O)Cc1ccc(N(C)C)cc1CO. The summed E-state index contributed by atoms with van der Waals surface area (Å²) in [5, 5.41) is 9.43. The number of rotatable bonds is 7. The molecule has 0 fully saturated rings. The Kier molecular flexibility index (Phi) is 5.70. The molecule has 0 aromatic heterocycles. The van der Waals surface area contributed by atoms with Gasteiger partial charge in [0.05, 0.1) is 6.61 Å². The summed E-state index contributed by atoms with van der Waals surface area (Å²) in [5.41, 5.74) is 2.74. The van der Waals surface area contributed by atoms with Crippen molar-refractivity contribution in [2.75, 3.05) is 19.0 Å². The fourth-order valence-corrected chi connectivity index (χ4v) is 2.01. The van der Waals surface area contributed by atoms with Crippen molar-refractivity contribution < 1.29 is 14.7 Å². The van der Waals surface area contributed by atoms with Crippen molar-refractivity contribution in [3.8, 4) is 0 Å². The van der Waals surface area contributed by atoms with Crippen molar-refractivity contribution in [1.29, 1.82) is 0 Å². The number of aliphatic hydroxyl groups is 1. The van der Waals surface area contributed by atoms with Crippen LogP contribution in [-0.4, -0.2) is 31.3 Å². The Morgan fingerprint density at radius 1 is 1.37 bits per heavy atom. The summed E-state index contributed by atoms with van der Waals surface area (Å²) in [6.45, 7) is 1.43. The van der Waals surface area contributed by atoms with E-state index in [1.54, 1.807) is 0 Å². The number of aliphatic hydroxyl groups excluding tert-OH is 1. The van der Waals surface area contributed by atoms with Crippen molar-refractivity contribution in [1.82, 2.24) is 0 Å². The predicted molar refractivity (Wildman–Crippen MR) is 75.2 cm³/mol. The van der Waals surface area contributed by atoms with E-state index in [2.05, 4.69) is 0 Å². The number of carbonyl (C=O) groups is 2. The molecule has 0 radical (unpaired) electrons. The smallest absolute Gasteiger partial charge is 0.133 e. The molecule has 4 nitrogen and oxygen atoms in total. The molecular formula is C15H21NO3. The van der Waals surface area contributed by atoms with E-state index in [9.17, 15) is 14.7 Å². The molecule has 19 heavy (non-hydrogen) atoms. The van der Waals surface area contributed by atoms with Crippen LogP contribution in [0.2, 0.25) is 0 Å². The topological polar surface area (TPSA) is 57.6 Å². The lowest BCUT2D eigenvalue weighted by molar-refractivity contribution is -0.123. The average Bonchev–Trinajstić information content (AvgIpc) is 2.38. The molecule has 4 heteroatoms. The highest BCUT2D eigenvalue weighted by Gasteiger charge is 2.16. The Hall–Kier alpha value is -1.68. The number of hydrogen-bond acceptors (Lipinski definition) is 4. The van der Waals surface area contributed by atoms with E-state index < -0.39 is 0 Å². The molecule has 0 aliphatic carbocycles. The molecular weight excluding hydrogens is 242 g/mol. The molecule has 0 bridgehead atoms. The second-order valence-electron chi connectivity index (χ2n) is 4.92. The van der Waals surface area contributed by atoms with Gasteiger partial charge in [-0.15, -0.1) is 0 Å². The van der Waals surface area contributed by atoms with Gasteiger partial charge in [0.25, 0.3) is 0 Å². The van der Waals surface area contributed by atoms with E-state index in [1.807, 2.05) is 37.2 Å². The van der Waals surface area contributed by atoms with Crippen LogP contribution in [0.15, 0.2) is 18.2 Å². The molecule has 1 atom stereocenters. The van der Waals surface area contributed by atoms with Gasteiger partial charge < -0.3 is 14.8 Å². The average molecular weight is 263 g/mol. The van der Waals surface area contributed by atoms with Crippen LogP contribution in [0, 0.1) is 5.92 Å². The highest BCUT2D eigenvalue weighted by Crippen LogP contribution is 2.22. The first-order chi connectivity index (χ1) is 8.99. The minimum Gasteiger partial charge on any atom is -0.392 e. The number of benzene rings is 1. The first-order valence-corrected chi connectivity index (χ1v) is 6.33. The second kappa shape index (κ2) is 7.04. The molecule has 0 heterocycles. The first kappa shape index (κ1) is 15.4. The molecule has 1 rings (SSSR count). The number of ketones is 1. The summed E-state index contributed by atoms with van der Waals surface area (Å²) in [4.78, 5) is 24.0. The van der Waals surface area contributed by atoms with Crippen LogP contribution >= 0.6 is 0 Å². The molecule has 0 amide bonds. The monoisotopic (exact) mass is 263 g/mol. The van der Waals surface area contributed by atoms with Crippen LogP contribution in [-0.2, 0) is 22.6 Å². The minimum atomic E-state index is -0.298. The van der Waals surface area contributed by atoms with E-state index in [0.717, 1.165) is 23.1 Å². The lowest BCUT2D eigenvalue weighted by Crippen LogP contribution is -2.16. The Morgan fingerprint density at radius 2 is 2.05 bits per heavy atom. The highest BCUT2D eigenvalue weighted by atomic mass is 16.3. The molecule has 0 saturated heterocycles. The largest absolute Gasteiger partial charge is 0.392 e. The minimum absolute atomic E-state index is 0.00711. The molecule has 1 unspecified atom stereocenters. The van der Waals surface area contributed by atoms with Crippen LogP contribution < -0.4 is 4.90 Å². The molecule has 0 aliphatic rings. The Bertz CT molecular complexity index is 455. The van der Waals surface area contributed by atoms with Crippen molar-refractivity contribution >= 4 is 17.8 Å². The van der Waals surface area contributed by atoms with E-state index in [1.165, 1.54) is 6.92 Å². The lowest BCUT2D eigenvalue weighted by atomic mass is 9.91. The summed E-state index contributed by atoms with van der Waals surface area (Å²) >= 11 is 0. The molecule has 0 spiro atoms. The van der Waals surface area contributed by atoms with Gasteiger partial charge in [-0.3, -0.25) is 4.79 Å². The van der Waals surface area contributed by atoms with Crippen LogP contribution in [0.1, 0.15) is 24.5 Å². The number of aldehydes is 1. The quantitative estimate of drug-likeness (QED) is 0.759. The third kappa shape index (κ3) is 4.17. The number of hydrogen-bond donors (Lipinski definition) is 1. The maximum atomic E-state index is 11.5. The van der Waals surface area contributed by atoms with Crippen LogP contribution in [0.3, 0.4) is 0 Å². The van der Waals surface area contributed by atoms with Crippen LogP contribution in [0.25, 0.3) is 0 Å². The first-order valence-electron chi connectivity index (χ1n) is 6.33. The van der Waals surface area contributed by atoms with Gasteiger partial charge in [-0.1, -0.05) is 6.07 Å². The summed E-state index contributed by atoms with van der Waals surface area (Å²) in [7, 11) is 3.86. The zero-order chi connectivity index (χ0) is 14.4. The molecule has 0 aliphatic heterocycles. The normalized spacial score (nSPS) is 12.0. The van der Waals surface area contributed by atoms with Gasteiger partial charge >= 0.3 is 0 Å². The van der Waals surface area contributed by atoms with Gasteiger partial charge in [0.1, 0.15) is 12.1 Å². The van der Waals surface area contributed by atoms with E-state index in [-0.39, 0.29) is 24.7 Å². The maximum absolute atomic E-state index is 11.5. The fraction of sp³-hybridized carbons (Fsp3) is 0.467. The summed E-state index contributed by atoms with van der Waals surface area (Å²) in [5.74, 6) is -0.291. The summed E-state index contributed by atoms with van der Waals surface area (Å²) in [6.07, 6.45) is 1.51. The highest BCUT2D eigenvalue weighted by molar-refractivity contribution is 5.81. The van der Waals surface area contributed by atoms with Crippen molar-refractivity contribution in [3.63, 3.8) is 0 Å². The third-order valence-electron chi connectivity index (χ3n) is 3.30. The zero-order valence-electron chi connectivity index (χ0n) is 11.7. The molecule has 1 aromatic carbocycles. The van der Waals surface area contributed by atoms with Crippen molar-refractivity contribution in [2.24, 2.45) is 5.92 Å². The fourth-order valence-electron chi connectivity index (χ4n) is 2.01. The number of nitrogens with zero attached hydrogens (tertiary/aromatic N) is 1. The van der Waals surface area contributed by atoms with E-state index >= 15 is 0 Å². The molecule has 1 N–H and O–H groups in total. The predicted octanol–water partition coefficient (Wildman–Crippen LogP) is 1.58. The zero-order valence-corrected chi connectivity index (χ0v) is 11.7. The van der Waals surface area contributed by atoms with Gasteiger partial charge in [-0.05, 0) is 36.6 Å². The Labute approximate surface area is 114 Å². The van der Waals surface area contributed by atoms with Gasteiger partial charge in [0.2, 0.25) is 0 Å². The van der Waals surface area contributed by atoms with Crippen LogP contribution in [0.5, 0.6) is 0 Å². The Balaban J connectivity index is 2.99. The maximum Gasteiger partial charge on any atom is 0.133 e. The van der Waals surface area contributed by atoms with Gasteiger partial charge in [-0.2, -0.15) is 0 Å². The summed E-state index contributed by atoms with van der Waals surface area (Å²) in [6, 6.07) is 5.78. The van der Waals surface area contributed by atoms with Crippen LogP contribution in [0.4, 0.5) is 5.69 Å². The third-order valence-corrected chi connectivity index (χ3v) is 3.30. The number of Topliss-reactive ketones (excluding diaryl/α,β-unsaturated/α-hetero) is 1. The molecule has 0 saturated carbocycles. The van der Waals surface area contributed by atoms with E-state index in [0.29, 0.717) is 6.42 Å². The number of anilines is 1.